The summed E-state index contributed by atoms with van der Waals surface area (Å²) in [6, 6.07) is 0.639. The molecule has 0 aliphatic heterocycles. The van der Waals surface area contributed by atoms with E-state index in [9.17, 15) is 0 Å². The van der Waals surface area contributed by atoms with Gasteiger partial charge in [0.2, 0.25) is 0 Å². The molecule has 0 aromatic heterocycles. The summed E-state index contributed by atoms with van der Waals surface area (Å²) in [4.78, 5) is 0. The maximum Gasteiger partial charge on any atom is 0.00104 e. The molecule has 3 atom stereocenters. The van der Waals surface area contributed by atoms with Crippen molar-refractivity contribution in [3.05, 3.63) is 0 Å². The molecule has 0 bridgehead atoms. The highest BCUT2D eigenvalue weighted by Gasteiger charge is 2.28. The van der Waals surface area contributed by atoms with Crippen molar-refractivity contribution < 1.29 is 0 Å². The van der Waals surface area contributed by atoms with Crippen LogP contribution in [0, 0.1) is 23.7 Å². The molecule has 1 aliphatic carbocycles. The molecular formula is C16H33N. The molecule has 1 saturated carbocycles. The largest absolute Gasteiger partial charge is 0.314 e. The molecule has 1 heteroatoms. The van der Waals surface area contributed by atoms with Gasteiger partial charge in [-0.2, -0.15) is 0 Å². The summed E-state index contributed by atoms with van der Waals surface area (Å²) in [5, 5.41) is 3.65. The van der Waals surface area contributed by atoms with E-state index in [0.29, 0.717) is 6.04 Å². The molecule has 0 saturated heterocycles. The zero-order chi connectivity index (χ0) is 12.8. The van der Waals surface area contributed by atoms with Gasteiger partial charge in [-0.05, 0) is 49.5 Å². The van der Waals surface area contributed by atoms with E-state index in [-0.39, 0.29) is 0 Å². The van der Waals surface area contributed by atoms with Crippen LogP contribution in [0.4, 0.5) is 0 Å². The average Bonchev–Trinajstić information content (AvgIpc) is 2.24. The molecule has 0 heterocycles. The summed E-state index contributed by atoms with van der Waals surface area (Å²) in [7, 11) is 0. The third-order valence-corrected chi connectivity index (χ3v) is 4.31. The Kier molecular flexibility index (Phi) is 6.54. The normalized spacial score (nSPS) is 30.2. The summed E-state index contributed by atoms with van der Waals surface area (Å²) in [6.45, 7) is 12.9. The highest BCUT2D eigenvalue weighted by atomic mass is 14.9. The Labute approximate surface area is 109 Å². The first-order valence-electron chi connectivity index (χ1n) is 7.72. The van der Waals surface area contributed by atoms with Gasteiger partial charge in [-0.3, -0.25) is 0 Å². The molecule has 1 N–H and O–H groups in total. The second-order valence-electron chi connectivity index (χ2n) is 6.97. The van der Waals surface area contributed by atoms with Gasteiger partial charge in [0.25, 0.3) is 0 Å². The van der Waals surface area contributed by atoms with E-state index in [2.05, 4.69) is 39.9 Å². The highest BCUT2D eigenvalue weighted by molar-refractivity contribution is 4.80. The molecule has 0 radical (unpaired) electrons. The zero-order valence-electron chi connectivity index (χ0n) is 12.6. The highest BCUT2D eigenvalue weighted by Crippen LogP contribution is 2.36. The van der Waals surface area contributed by atoms with Crippen LogP contribution in [-0.2, 0) is 0 Å². The fraction of sp³-hybridized carbons (Fsp3) is 1.00. The van der Waals surface area contributed by atoms with Gasteiger partial charge in [-0.1, -0.05) is 47.5 Å². The van der Waals surface area contributed by atoms with E-state index >= 15 is 0 Å². The molecule has 1 fully saturated rings. The number of hydrogen-bond acceptors (Lipinski definition) is 1. The Morgan fingerprint density at radius 3 is 2.35 bits per heavy atom. The SMILES string of the molecule is CC(C)CCC1CC(C)CCC1CNC(C)C. The number of nitrogens with one attached hydrogen (secondary N) is 1. The first-order valence-corrected chi connectivity index (χ1v) is 7.72. The lowest BCUT2D eigenvalue weighted by Crippen LogP contribution is -2.35. The Bertz CT molecular complexity index is 198. The third kappa shape index (κ3) is 5.90. The molecular weight excluding hydrogens is 206 g/mol. The molecule has 17 heavy (non-hydrogen) atoms. The van der Waals surface area contributed by atoms with E-state index in [0.717, 1.165) is 23.7 Å². The maximum absolute atomic E-state index is 3.65. The van der Waals surface area contributed by atoms with E-state index in [1.165, 1.54) is 38.6 Å². The van der Waals surface area contributed by atoms with E-state index in [4.69, 9.17) is 0 Å². The molecule has 3 unspecified atom stereocenters. The molecule has 1 nitrogen and oxygen atoms in total. The van der Waals surface area contributed by atoms with Crippen LogP contribution in [-0.4, -0.2) is 12.6 Å². The lowest BCUT2D eigenvalue weighted by molar-refractivity contribution is 0.165. The fourth-order valence-corrected chi connectivity index (χ4v) is 3.12. The van der Waals surface area contributed by atoms with Crippen LogP contribution in [0.3, 0.4) is 0 Å². The van der Waals surface area contributed by atoms with Gasteiger partial charge in [0.05, 0.1) is 0 Å². The van der Waals surface area contributed by atoms with Crippen molar-refractivity contribution >= 4 is 0 Å². The molecule has 0 aromatic rings. The van der Waals surface area contributed by atoms with Gasteiger partial charge in [-0.15, -0.1) is 0 Å². The van der Waals surface area contributed by atoms with E-state index in [1.807, 2.05) is 0 Å². The van der Waals surface area contributed by atoms with Crippen LogP contribution in [0.1, 0.15) is 66.7 Å². The van der Waals surface area contributed by atoms with Gasteiger partial charge < -0.3 is 5.32 Å². The molecule has 1 rings (SSSR count). The Morgan fingerprint density at radius 2 is 1.76 bits per heavy atom. The lowest BCUT2D eigenvalue weighted by atomic mass is 9.72. The van der Waals surface area contributed by atoms with Gasteiger partial charge in [-0.25, -0.2) is 0 Å². The van der Waals surface area contributed by atoms with Crippen LogP contribution in [0.2, 0.25) is 0 Å². The van der Waals surface area contributed by atoms with Crippen molar-refractivity contribution in [2.75, 3.05) is 6.54 Å². The topological polar surface area (TPSA) is 12.0 Å². The summed E-state index contributed by atoms with van der Waals surface area (Å²) in [5.74, 6) is 3.74. The van der Waals surface area contributed by atoms with Crippen LogP contribution in [0.25, 0.3) is 0 Å². The summed E-state index contributed by atoms with van der Waals surface area (Å²) in [6.07, 6.45) is 7.23. The molecule has 0 spiro atoms. The van der Waals surface area contributed by atoms with Crippen molar-refractivity contribution in [2.45, 2.75) is 72.8 Å². The van der Waals surface area contributed by atoms with E-state index < -0.39 is 0 Å². The van der Waals surface area contributed by atoms with Crippen LogP contribution in [0.15, 0.2) is 0 Å². The molecule has 0 amide bonds. The van der Waals surface area contributed by atoms with Crippen molar-refractivity contribution in [1.82, 2.24) is 5.32 Å². The summed E-state index contributed by atoms with van der Waals surface area (Å²) in [5.41, 5.74) is 0. The minimum atomic E-state index is 0.639. The first-order chi connectivity index (χ1) is 7.99. The average molecular weight is 239 g/mol. The fourth-order valence-electron chi connectivity index (χ4n) is 3.12. The van der Waals surface area contributed by atoms with Crippen LogP contribution in [0.5, 0.6) is 0 Å². The smallest absolute Gasteiger partial charge is 0.00104 e. The van der Waals surface area contributed by atoms with Crippen molar-refractivity contribution in [1.29, 1.82) is 0 Å². The quantitative estimate of drug-likeness (QED) is 0.721. The molecule has 0 aromatic carbocycles. The van der Waals surface area contributed by atoms with Gasteiger partial charge >= 0.3 is 0 Å². The maximum atomic E-state index is 3.65. The van der Waals surface area contributed by atoms with Crippen LogP contribution >= 0.6 is 0 Å². The van der Waals surface area contributed by atoms with E-state index in [1.54, 1.807) is 0 Å². The predicted molar refractivity (Wildman–Crippen MR) is 77.2 cm³/mol. The zero-order valence-corrected chi connectivity index (χ0v) is 12.6. The second-order valence-corrected chi connectivity index (χ2v) is 6.97. The standard InChI is InChI=1S/C16H33N/c1-12(2)6-8-15-10-14(5)7-9-16(15)11-17-13(3)4/h12-17H,6-11H2,1-5H3. The summed E-state index contributed by atoms with van der Waals surface area (Å²) < 4.78 is 0. The summed E-state index contributed by atoms with van der Waals surface area (Å²) >= 11 is 0. The van der Waals surface area contributed by atoms with Crippen molar-refractivity contribution in [3.63, 3.8) is 0 Å². The third-order valence-electron chi connectivity index (χ3n) is 4.31. The Morgan fingerprint density at radius 1 is 1.06 bits per heavy atom. The monoisotopic (exact) mass is 239 g/mol. The first kappa shape index (κ1) is 15.0. The predicted octanol–water partition coefficient (Wildman–Crippen LogP) is 4.47. The molecule has 102 valence electrons. The van der Waals surface area contributed by atoms with Crippen LogP contribution < -0.4 is 5.32 Å². The van der Waals surface area contributed by atoms with Gasteiger partial charge in [0.1, 0.15) is 0 Å². The lowest BCUT2D eigenvalue weighted by Gasteiger charge is -2.36. The van der Waals surface area contributed by atoms with Crippen molar-refractivity contribution in [2.24, 2.45) is 23.7 Å². The van der Waals surface area contributed by atoms with Gasteiger partial charge in [0, 0.05) is 6.04 Å². The molecule has 1 aliphatic rings. The Balaban J connectivity index is 2.40. The van der Waals surface area contributed by atoms with Gasteiger partial charge in [0.15, 0.2) is 0 Å². The number of hydrogen-bond donors (Lipinski definition) is 1. The number of rotatable bonds is 6. The Hall–Kier alpha value is -0.0400. The second kappa shape index (κ2) is 7.41. The van der Waals surface area contributed by atoms with Crippen molar-refractivity contribution in [3.8, 4) is 0 Å². The minimum absolute atomic E-state index is 0.639. The minimum Gasteiger partial charge on any atom is -0.314 e.